The van der Waals surface area contributed by atoms with E-state index in [0.717, 1.165) is 11.8 Å². The minimum atomic E-state index is -1.06. The fourth-order valence-electron chi connectivity index (χ4n) is 2.46. The number of carboxylic acids is 1. The van der Waals surface area contributed by atoms with Crippen molar-refractivity contribution in [3.63, 3.8) is 0 Å². The second-order valence-electron chi connectivity index (χ2n) is 5.75. The van der Waals surface area contributed by atoms with Crippen LogP contribution in [0.5, 0.6) is 0 Å². The van der Waals surface area contributed by atoms with Gasteiger partial charge in [-0.15, -0.1) is 0 Å². The lowest BCUT2D eigenvalue weighted by molar-refractivity contribution is -0.384. The van der Waals surface area contributed by atoms with Crippen molar-refractivity contribution in [1.82, 2.24) is 0 Å². The maximum atomic E-state index is 12.7. The molecule has 146 valence electrons. The van der Waals surface area contributed by atoms with Crippen molar-refractivity contribution in [3.8, 4) is 0 Å². The zero-order valence-electron chi connectivity index (χ0n) is 14.4. The zero-order chi connectivity index (χ0) is 21.1. The molecule has 1 aliphatic rings. The van der Waals surface area contributed by atoms with E-state index in [1.165, 1.54) is 47.4 Å². The molecule has 10 heteroatoms. The summed E-state index contributed by atoms with van der Waals surface area (Å²) in [4.78, 5) is 35.5. The molecule has 1 saturated heterocycles. The van der Waals surface area contributed by atoms with Crippen LogP contribution in [0.2, 0.25) is 0 Å². The molecule has 1 heterocycles. The quantitative estimate of drug-likeness (QED) is 0.304. The Morgan fingerprint density at radius 3 is 2.34 bits per heavy atom. The number of anilines is 1. The number of halogens is 1. The van der Waals surface area contributed by atoms with Crippen LogP contribution in [0.15, 0.2) is 64.5 Å². The lowest BCUT2D eigenvalue weighted by atomic mass is 10.2. The number of rotatable bonds is 5. The first-order chi connectivity index (χ1) is 13.8. The summed E-state index contributed by atoms with van der Waals surface area (Å²) in [6.45, 7) is 0. The van der Waals surface area contributed by atoms with Crippen LogP contribution in [-0.2, 0) is 4.79 Å². The van der Waals surface area contributed by atoms with Crippen LogP contribution < -0.4 is 4.90 Å². The number of carbonyl (C=O) groups is 2. The molecule has 29 heavy (non-hydrogen) atoms. The van der Waals surface area contributed by atoms with Crippen molar-refractivity contribution in [2.24, 2.45) is 0 Å². The minimum absolute atomic E-state index is 0.0342. The van der Waals surface area contributed by atoms with Crippen molar-refractivity contribution in [3.05, 3.63) is 85.8 Å². The number of nitro groups is 1. The third-order valence-electron chi connectivity index (χ3n) is 3.84. The maximum Gasteiger partial charge on any atom is 0.335 e. The number of hydrogen-bond acceptors (Lipinski definition) is 6. The molecule has 1 fully saturated rings. The van der Waals surface area contributed by atoms with Crippen LogP contribution >= 0.6 is 35.6 Å². The molecule has 0 aliphatic carbocycles. The molecular formula is C19H11ClN2O5S2. The maximum absolute atomic E-state index is 12.7. The molecule has 0 radical (unpaired) electrons. The van der Waals surface area contributed by atoms with Gasteiger partial charge in [0.25, 0.3) is 11.6 Å². The Balaban J connectivity index is 1.81. The first kappa shape index (κ1) is 20.7. The zero-order valence-corrected chi connectivity index (χ0v) is 16.8. The summed E-state index contributed by atoms with van der Waals surface area (Å²) in [7, 11) is 0. The van der Waals surface area contributed by atoms with Gasteiger partial charge in [-0.3, -0.25) is 19.8 Å². The molecule has 7 nitrogen and oxygen atoms in total. The summed E-state index contributed by atoms with van der Waals surface area (Å²) >= 11 is 12.6. The molecule has 1 amide bonds. The highest BCUT2D eigenvalue weighted by Crippen LogP contribution is 2.36. The van der Waals surface area contributed by atoms with Gasteiger partial charge >= 0.3 is 5.97 Å². The topological polar surface area (TPSA) is 101 Å². The number of nitrogens with zero attached hydrogens (tertiary/aromatic N) is 2. The van der Waals surface area contributed by atoms with E-state index in [1.807, 2.05) is 0 Å². The number of benzene rings is 2. The molecule has 1 aliphatic heterocycles. The molecular weight excluding hydrogens is 436 g/mol. The lowest BCUT2D eigenvalue weighted by Gasteiger charge is -2.14. The Hall–Kier alpha value is -3.01. The predicted octanol–water partition coefficient (Wildman–Crippen LogP) is 4.82. The van der Waals surface area contributed by atoms with Crippen molar-refractivity contribution < 1.29 is 19.6 Å². The molecule has 2 aromatic carbocycles. The molecule has 0 atom stereocenters. The summed E-state index contributed by atoms with van der Waals surface area (Å²) in [5.74, 6) is -1.44. The Morgan fingerprint density at radius 1 is 1.17 bits per heavy atom. The molecule has 3 rings (SSSR count). The number of carbonyl (C=O) groups excluding carboxylic acids is 1. The second-order valence-corrected chi connectivity index (χ2v) is 7.86. The van der Waals surface area contributed by atoms with Gasteiger partial charge < -0.3 is 5.11 Å². The SMILES string of the molecule is O=C(O)c1ccc(N2C(=O)/C(=C/C(Cl)=C/c3ccc([N+](=O)[O-])cc3)SC2=S)cc1. The van der Waals surface area contributed by atoms with Crippen molar-refractivity contribution in [2.75, 3.05) is 4.90 Å². The van der Waals surface area contributed by atoms with Gasteiger partial charge in [0.15, 0.2) is 4.32 Å². The van der Waals surface area contributed by atoms with Crippen LogP contribution in [0.4, 0.5) is 11.4 Å². The van der Waals surface area contributed by atoms with E-state index in [2.05, 4.69) is 0 Å². The van der Waals surface area contributed by atoms with E-state index in [1.54, 1.807) is 18.2 Å². The molecule has 0 saturated carbocycles. The number of carboxylic acid groups (broad SMARTS) is 1. The van der Waals surface area contributed by atoms with Gasteiger partial charge in [-0.1, -0.05) is 35.6 Å². The van der Waals surface area contributed by atoms with Gasteiger partial charge in [-0.05, 0) is 54.1 Å². The third-order valence-corrected chi connectivity index (χ3v) is 5.36. The molecule has 0 unspecified atom stereocenters. The van der Waals surface area contributed by atoms with Crippen LogP contribution in [0.25, 0.3) is 6.08 Å². The van der Waals surface area contributed by atoms with E-state index < -0.39 is 10.9 Å². The molecule has 0 spiro atoms. The molecule has 0 bridgehead atoms. The number of nitro benzene ring substituents is 1. The lowest BCUT2D eigenvalue weighted by Crippen LogP contribution is -2.27. The van der Waals surface area contributed by atoms with E-state index in [0.29, 0.717) is 20.5 Å². The largest absolute Gasteiger partial charge is 0.478 e. The second kappa shape index (κ2) is 8.56. The van der Waals surface area contributed by atoms with Crippen molar-refractivity contribution in [1.29, 1.82) is 0 Å². The number of amides is 1. The van der Waals surface area contributed by atoms with Crippen LogP contribution in [-0.4, -0.2) is 26.2 Å². The van der Waals surface area contributed by atoms with Crippen LogP contribution in [0, 0.1) is 10.1 Å². The predicted molar refractivity (Wildman–Crippen MR) is 116 cm³/mol. The van der Waals surface area contributed by atoms with E-state index in [4.69, 9.17) is 28.9 Å². The van der Waals surface area contributed by atoms with Crippen LogP contribution in [0.1, 0.15) is 15.9 Å². The fourth-order valence-corrected chi connectivity index (χ4v) is 4.05. The van der Waals surface area contributed by atoms with Gasteiger partial charge in [0.1, 0.15) is 0 Å². The highest BCUT2D eigenvalue weighted by Gasteiger charge is 2.33. The Labute approximate surface area is 179 Å². The number of non-ortho nitro benzene ring substituents is 1. The number of hydrogen-bond donors (Lipinski definition) is 1. The Kier molecular flexibility index (Phi) is 6.12. The first-order valence-corrected chi connectivity index (χ1v) is 9.59. The summed E-state index contributed by atoms with van der Waals surface area (Å²) in [6, 6.07) is 11.6. The van der Waals surface area contributed by atoms with Gasteiger partial charge in [0.05, 0.1) is 21.1 Å². The highest BCUT2D eigenvalue weighted by molar-refractivity contribution is 8.27. The van der Waals surface area contributed by atoms with Gasteiger partial charge in [0, 0.05) is 17.2 Å². The number of allylic oxidation sites excluding steroid dienone is 2. The molecule has 0 aromatic heterocycles. The molecule has 2 aromatic rings. The van der Waals surface area contributed by atoms with E-state index >= 15 is 0 Å². The van der Waals surface area contributed by atoms with E-state index in [9.17, 15) is 19.7 Å². The standard InChI is InChI=1S/C19H11ClN2O5S2/c20-13(9-11-1-5-15(6-2-11)22(26)27)10-16-17(23)21(19(28)29-16)14-7-3-12(4-8-14)18(24)25/h1-10H,(H,24,25)/b13-9-,16-10-. The smallest absolute Gasteiger partial charge is 0.335 e. The summed E-state index contributed by atoms with van der Waals surface area (Å²) < 4.78 is 0.295. The Morgan fingerprint density at radius 2 is 1.79 bits per heavy atom. The number of thiocarbonyl (C=S) groups is 1. The highest BCUT2D eigenvalue weighted by atomic mass is 35.5. The third kappa shape index (κ3) is 4.70. The molecule has 1 N–H and O–H groups in total. The van der Waals surface area contributed by atoms with Crippen molar-refractivity contribution >= 4 is 69.2 Å². The average Bonchev–Trinajstić information content (AvgIpc) is 2.95. The summed E-state index contributed by atoms with van der Waals surface area (Å²) in [5.41, 5.74) is 1.16. The average molecular weight is 447 g/mol. The van der Waals surface area contributed by atoms with Crippen LogP contribution in [0.3, 0.4) is 0 Å². The number of thioether (sulfide) groups is 1. The summed E-state index contributed by atoms with van der Waals surface area (Å²) in [6.07, 6.45) is 3.04. The normalized spacial score (nSPS) is 15.8. The van der Waals surface area contributed by atoms with E-state index in [-0.39, 0.29) is 22.2 Å². The fraction of sp³-hybridized carbons (Fsp3) is 0. The number of aromatic carboxylic acids is 1. The minimum Gasteiger partial charge on any atom is -0.478 e. The monoisotopic (exact) mass is 446 g/mol. The first-order valence-electron chi connectivity index (χ1n) is 7.99. The van der Waals surface area contributed by atoms with Gasteiger partial charge in [-0.25, -0.2) is 4.79 Å². The van der Waals surface area contributed by atoms with Gasteiger partial charge in [-0.2, -0.15) is 0 Å². The summed E-state index contributed by atoms with van der Waals surface area (Å²) in [5, 5.41) is 19.9. The van der Waals surface area contributed by atoms with Crippen molar-refractivity contribution in [2.45, 2.75) is 0 Å². The Bertz CT molecular complexity index is 1080. The van der Waals surface area contributed by atoms with Gasteiger partial charge in [0.2, 0.25) is 0 Å².